The fourth-order valence-corrected chi connectivity index (χ4v) is 3.68. The average Bonchev–Trinajstić information content (AvgIpc) is 3.20. The largest absolute Gasteiger partial charge is 0.454 e. The van der Waals surface area contributed by atoms with Gasteiger partial charge in [-0.05, 0) is 32.0 Å². The predicted molar refractivity (Wildman–Crippen MR) is 87.8 cm³/mol. The molecule has 2 heterocycles. The second-order valence-corrected chi connectivity index (χ2v) is 6.90. The third-order valence-electron chi connectivity index (χ3n) is 4.17. The van der Waals surface area contributed by atoms with E-state index in [-0.39, 0.29) is 24.6 Å². The monoisotopic (exact) mass is 336 g/mol. The topological polar surface area (TPSA) is 59.1 Å². The summed E-state index contributed by atoms with van der Waals surface area (Å²) < 4.78 is 10.6. The maximum Gasteiger partial charge on any atom is 0.255 e. The van der Waals surface area contributed by atoms with E-state index in [4.69, 9.17) is 9.47 Å². The Hall–Kier alpha value is -1.89. The molecular formula is C16H20N2O4S. The maximum absolute atomic E-state index is 12.8. The van der Waals surface area contributed by atoms with Crippen LogP contribution in [-0.2, 0) is 4.79 Å². The molecule has 2 aliphatic heterocycles. The number of ether oxygens (including phenoxy) is 2. The summed E-state index contributed by atoms with van der Waals surface area (Å²) in [4.78, 5) is 28.7. The lowest BCUT2D eigenvalue weighted by Gasteiger charge is -2.29. The summed E-state index contributed by atoms with van der Waals surface area (Å²) in [6, 6.07) is 4.82. The second-order valence-electron chi connectivity index (χ2n) is 5.90. The molecule has 0 spiro atoms. The van der Waals surface area contributed by atoms with E-state index in [1.54, 1.807) is 46.8 Å². The molecule has 2 aliphatic rings. The molecule has 0 aromatic heterocycles. The summed E-state index contributed by atoms with van der Waals surface area (Å²) in [5.41, 5.74) is 0.516. The van der Waals surface area contributed by atoms with Crippen LogP contribution in [-0.4, -0.2) is 59.2 Å². The minimum Gasteiger partial charge on any atom is -0.454 e. The van der Waals surface area contributed by atoms with Crippen molar-refractivity contribution in [1.82, 2.24) is 9.80 Å². The minimum absolute atomic E-state index is 0.0147. The normalized spacial score (nSPS) is 19.3. The molecule has 0 bridgehead atoms. The SMILES string of the molecule is CC(C)N(C)C(=O)C1CSCN1C(=O)c1ccc2c(c1)OCO2. The van der Waals surface area contributed by atoms with E-state index < -0.39 is 6.04 Å². The fraction of sp³-hybridized carbons (Fsp3) is 0.500. The number of likely N-dealkylation sites (N-methyl/N-ethyl adjacent to an activating group) is 1. The summed E-state index contributed by atoms with van der Waals surface area (Å²) in [6.07, 6.45) is 0. The van der Waals surface area contributed by atoms with Gasteiger partial charge in [0.25, 0.3) is 5.91 Å². The second kappa shape index (κ2) is 6.31. The number of nitrogens with zero attached hydrogens (tertiary/aromatic N) is 2. The van der Waals surface area contributed by atoms with Gasteiger partial charge in [0, 0.05) is 24.4 Å². The summed E-state index contributed by atoms with van der Waals surface area (Å²) in [7, 11) is 1.78. The van der Waals surface area contributed by atoms with E-state index in [1.165, 1.54) is 0 Å². The Bertz CT molecular complexity index is 635. The molecule has 1 aromatic carbocycles. The van der Waals surface area contributed by atoms with Crippen LogP contribution in [0.15, 0.2) is 18.2 Å². The van der Waals surface area contributed by atoms with E-state index in [2.05, 4.69) is 0 Å². The lowest BCUT2D eigenvalue weighted by molar-refractivity contribution is -0.135. The number of benzene rings is 1. The highest BCUT2D eigenvalue weighted by atomic mass is 32.2. The summed E-state index contributed by atoms with van der Waals surface area (Å²) in [6.45, 7) is 4.10. The van der Waals surface area contributed by atoms with Crippen molar-refractivity contribution in [3.05, 3.63) is 23.8 Å². The van der Waals surface area contributed by atoms with Crippen molar-refractivity contribution in [2.75, 3.05) is 25.5 Å². The molecule has 0 radical (unpaired) electrons. The van der Waals surface area contributed by atoms with Crippen LogP contribution < -0.4 is 9.47 Å². The Balaban J connectivity index is 1.79. The van der Waals surface area contributed by atoms with Crippen LogP contribution in [0.1, 0.15) is 24.2 Å². The van der Waals surface area contributed by atoms with Gasteiger partial charge in [-0.1, -0.05) is 0 Å². The van der Waals surface area contributed by atoms with Crippen molar-refractivity contribution in [2.24, 2.45) is 0 Å². The number of carbonyl (C=O) groups excluding carboxylic acids is 2. The highest BCUT2D eigenvalue weighted by Gasteiger charge is 2.37. The molecule has 1 fully saturated rings. The van der Waals surface area contributed by atoms with Crippen LogP contribution in [0, 0.1) is 0 Å². The van der Waals surface area contributed by atoms with Crippen LogP contribution in [0.3, 0.4) is 0 Å². The molecule has 23 heavy (non-hydrogen) atoms. The molecule has 0 saturated carbocycles. The number of hydrogen-bond donors (Lipinski definition) is 0. The van der Waals surface area contributed by atoms with Gasteiger partial charge in [-0.15, -0.1) is 11.8 Å². The Labute approximate surface area is 139 Å². The van der Waals surface area contributed by atoms with Gasteiger partial charge >= 0.3 is 0 Å². The van der Waals surface area contributed by atoms with Gasteiger partial charge in [-0.3, -0.25) is 9.59 Å². The quantitative estimate of drug-likeness (QED) is 0.842. The Morgan fingerprint density at radius 3 is 2.78 bits per heavy atom. The van der Waals surface area contributed by atoms with Crippen LogP contribution in [0.4, 0.5) is 0 Å². The zero-order valence-corrected chi connectivity index (χ0v) is 14.3. The highest BCUT2D eigenvalue weighted by molar-refractivity contribution is 7.99. The molecule has 124 valence electrons. The van der Waals surface area contributed by atoms with E-state index in [9.17, 15) is 9.59 Å². The van der Waals surface area contributed by atoms with Crippen molar-refractivity contribution in [3.8, 4) is 11.5 Å². The molecule has 1 saturated heterocycles. The van der Waals surface area contributed by atoms with E-state index in [0.717, 1.165) is 0 Å². The van der Waals surface area contributed by atoms with Gasteiger partial charge in [-0.2, -0.15) is 0 Å². The lowest BCUT2D eigenvalue weighted by atomic mass is 10.1. The number of amides is 2. The summed E-state index contributed by atoms with van der Waals surface area (Å²) in [5.74, 6) is 2.21. The predicted octanol–water partition coefficient (Wildman–Crippen LogP) is 1.80. The molecule has 7 heteroatoms. The third kappa shape index (κ3) is 2.97. The van der Waals surface area contributed by atoms with Gasteiger partial charge in [-0.25, -0.2) is 0 Å². The van der Waals surface area contributed by atoms with Crippen LogP contribution in [0.5, 0.6) is 11.5 Å². The van der Waals surface area contributed by atoms with Crippen molar-refractivity contribution >= 4 is 23.6 Å². The van der Waals surface area contributed by atoms with Crippen molar-refractivity contribution < 1.29 is 19.1 Å². The third-order valence-corrected chi connectivity index (χ3v) is 5.18. The first-order chi connectivity index (χ1) is 11.0. The first-order valence-corrected chi connectivity index (χ1v) is 8.69. The van der Waals surface area contributed by atoms with Crippen molar-refractivity contribution in [2.45, 2.75) is 25.9 Å². The first-order valence-electron chi connectivity index (χ1n) is 7.54. The lowest BCUT2D eigenvalue weighted by Crippen LogP contribution is -2.49. The van der Waals surface area contributed by atoms with Gasteiger partial charge in [0.2, 0.25) is 12.7 Å². The molecule has 0 aliphatic carbocycles. The molecular weight excluding hydrogens is 316 g/mol. The zero-order chi connectivity index (χ0) is 16.6. The number of hydrogen-bond acceptors (Lipinski definition) is 5. The Kier molecular flexibility index (Phi) is 4.39. The standard InChI is InChI=1S/C16H20N2O4S/c1-10(2)17(3)16(20)12-7-23-8-18(12)15(19)11-4-5-13-14(6-11)22-9-21-13/h4-6,10,12H,7-9H2,1-3H3. The Morgan fingerprint density at radius 2 is 2.04 bits per heavy atom. The van der Waals surface area contributed by atoms with Gasteiger partial charge in [0.15, 0.2) is 11.5 Å². The first kappa shape index (κ1) is 16.0. The summed E-state index contributed by atoms with van der Waals surface area (Å²) in [5, 5.41) is 0. The van der Waals surface area contributed by atoms with Gasteiger partial charge in [0.05, 0.1) is 5.88 Å². The van der Waals surface area contributed by atoms with Crippen molar-refractivity contribution in [1.29, 1.82) is 0 Å². The average molecular weight is 336 g/mol. The molecule has 0 N–H and O–H groups in total. The van der Waals surface area contributed by atoms with Gasteiger partial charge < -0.3 is 19.3 Å². The smallest absolute Gasteiger partial charge is 0.255 e. The fourth-order valence-electron chi connectivity index (χ4n) is 2.53. The molecule has 1 unspecified atom stereocenters. The van der Waals surface area contributed by atoms with E-state index in [0.29, 0.717) is 28.7 Å². The highest BCUT2D eigenvalue weighted by Crippen LogP contribution is 2.34. The number of carbonyl (C=O) groups is 2. The van der Waals surface area contributed by atoms with Gasteiger partial charge in [0.1, 0.15) is 6.04 Å². The van der Waals surface area contributed by atoms with E-state index in [1.807, 2.05) is 13.8 Å². The molecule has 2 amide bonds. The van der Waals surface area contributed by atoms with Crippen LogP contribution in [0.25, 0.3) is 0 Å². The minimum atomic E-state index is -0.412. The number of rotatable bonds is 3. The molecule has 1 atom stereocenters. The van der Waals surface area contributed by atoms with Crippen molar-refractivity contribution in [3.63, 3.8) is 0 Å². The zero-order valence-electron chi connectivity index (χ0n) is 13.4. The van der Waals surface area contributed by atoms with E-state index >= 15 is 0 Å². The summed E-state index contributed by atoms with van der Waals surface area (Å²) >= 11 is 1.60. The maximum atomic E-state index is 12.8. The molecule has 6 nitrogen and oxygen atoms in total. The van der Waals surface area contributed by atoms with Crippen LogP contribution >= 0.6 is 11.8 Å². The number of fused-ring (bicyclic) bond motifs is 1. The molecule has 3 rings (SSSR count). The molecule has 1 aromatic rings. The number of thioether (sulfide) groups is 1. The van der Waals surface area contributed by atoms with Crippen LogP contribution in [0.2, 0.25) is 0 Å². The Morgan fingerprint density at radius 1 is 1.30 bits per heavy atom.